The molecule has 1 fully saturated rings. The minimum atomic E-state index is -0.578. The SMILES string of the molecule is Cc1cc(OCC(=O)N(Cc2ccccc2)[C@@H](C)C(=O)NC2CCCC2)cc(C)c1Br. The number of hydrogen-bond donors (Lipinski definition) is 1. The number of nitrogens with zero attached hydrogens (tertiary/aromatic N) is 1. The van der Waals surface area contributed by atoms with E-state index < -0.39 is 6.04 Å². The van der Waals surface area contributed by atoms with E-state index in [4.69, 9.17) is 4.74 Å². The number of hydrogen-bond acceptors (Lipinski definition) is 3. The third kappa shape index (κ3) is 6.33. The second-order valence-corrected chi connectivity index (χ2v) is 9.13. The van der Waals surface area contributed by atoms with Crippen LogP contribution in [0, 0.1) is 13.8 Å². The molecule has 0 spiro atoms. The molecule has 0 aromatic heterocycles. The van der Waals surface area contributed by atoms with Gasteiger partial charge in [0.05, 0.1) is 0 Å². The lowest BCUT2D eigenvalue weighted by atomic mass is 10.1. The van der Waals surface area contributed by atoms with Crippen LogP contribution >= 0.6 is 15.9 Å². The van der Waals surface area contributed by atoms with Crippen molar-refractivity contribution in [3.8, 4) is 5.75 Å². The lowest BCUT2D eigenvalue weighted by molar-refractivity contribution is -0.142. The fourth-order valence-corrected chi connectivity index (χ4v) is 4.20. The predicted molar refractivity (Wildman–Crippen MR) is 126 cm³/mol. The lowest BCUT2D eigenvalue weighted by Crippen LogP contribution is -2.50. The molecule has 2 aromatic rings. The predicted octanol–water partition coefficient (Wildman–Crippen LogP) is 4.92. The zero-order valence-electron chi connectivity index (χ0n) is 18.5. The van der Waals surface area contributed by atoms with Crippen molar-refractivity contribution in [1.82, 2.24) is 10.2 Å². The van der Waals surface area contributed by atoms with Gasteiger partial charge in [0.15, 0.2) is 6.61 Å². The number of amides is 2. The number of rotatable bonds is 8. The van der Waals surface area contributed by atoms with E-state index in [1.54, 1.807) is 11.8 Å². The van der Waals surface area contributed by atoms with E-state index in [2.05, 4.69) is 21.2 Å². The van der Waals surface area contributed by atoms with Crippen LogP contribution < -0.4 is 10.1 Å². The van der Waals surface area contributed by atoms with E-state index in [-0.39, 0.29) is 24.5 Å². The fourth-order valence-electron chi connectivity index (χ4n) is 3.97. The van der Waals surface area contributed by atoms with Crippen LogP contribution in [0.25, 0.3) is 0 Å². The van der Waals surface area contributed by atoms with Gasteiger partial charge in [0.2, 0.25) is 5.91 Å². The van der Waals surface area contributed by atoms with Crippen molar-refractivity contribution in [3.05, 3.63) is 63.6 Å². The molecule has 0 unspecified atom stereocenters. The van der Waals surface area contributed by atoms with Crippen LogP contribution in [0.1, 0.15) is 49.3 Å². The molecule has 1 N–H and O–H groups in total. The maximum atomic E-state index is 13.2. The number of benzene rings is 2. The van der Waals surface area contributed by atoms with E-state index >= 15 is 0 Å². The molecule has 0 radical (unpaired) electrons. The van der Waals surface area contributed by atoms with Crippen LogP contribution in [0.2, 0.25) is 0 Å². The molecule has 0 heterocycles. The summed E-state index contributed by atoms with van der Waals surface area (Å²) >= 11 is 3.55. The highest BCUT2D eigenvalue weighted by atomic mass is 79.9. The zero-order chi connectivity index (χ0) is 22.4. The Balaban J connectivity index is 1.71. The number of carbonyl (C=O) groups is 2. The summed E-state index contributed by atoms with van der Waals surface area (Å²) in [7, 11) is 0. The minimum Gasteiger partial charge on any atom is -0.484 e. The van der Waals surface area contributed by atoms with E-state index in [1.807, 2.05) is 56.3 Å². The summed E-state index contributed by atoms with van der Waals surface area (Å²) in [6.45, 7) is 6.01. The van der Waals surface area contributed by atoms with Gasteiger partial charge in [0.25, 0.3) is 5.91 Å². The van der Waals surface area contributed by atoms with Crippen LogP contribution in [0.15, 0.2) is 46.9 Å². The molecule has 6 heteroatoms. The first-order valence-corrected chi connectivity index (χ1v) is 11.7. The average Bonchev–Trinajstić information content (AvgIpc) is 3.27. The Bertz CT molecular complexity index is 887. The number of ether oxygens (including phenoxy) is 1. The van der Waals surface area contributed by atoms with E-state index in [9.17, 15) is 9.59 Å². The Labute approximate surface area is 193 Å². The molecular weight excluding hydrogens is 456 g/mol. The van der Waals surface area contributed by atoms with Crippen molar-refractivity contribution in [1.29, 1.82) is 0 Å². The fraction of sp³-hybridized carbons (Fsp3) is 0.440. The van der Waals surface area contributed by atoms with Crippen molar-refractivity contribution < 1.29 is 14.3 Å². The van der Waals surface area contributed by atoms with Crippen molar-refractivity contribution in [3.63, 3.8) is 0 Å². The van der Waals surface area contributed by atoms with Gasteiger partial charge in [0, 0.05) is 17.1 Å². The topological polar surface area (TPSA) is 58.6 Å². The van der Waals surface area contributed by atoms with Crippen molar-refractivity contribution in [2.24, 2.45) is 0 Å². The molecule has 0 saturated heterocycles. The molecule has 1 saturated carbocycles. The largest absolute Gasteiger partial charge is 0.484 e. The van der Waals surface area contributed by atoms with Gasteiger partial charge in [-0.15, -0.1) is 0 Å². The second-order valence-electron chi connectivity index (χ2n) is 8.33. The highest BCUT2D eigenvalue weighted by Gasteiger charge is 2.28. The van der Waals surface area contributed by atoms with Crippen molar-refractivity contribution >= 4 is 27.7 Å². The summed E-state index contributed by atoms with van der Waals surface area (Å²) in [6.07, 6.45) is 4.31. The molecule has 3 rings (SSSR count). The highest BCUT2D eigenvalue weighted by Crippen LogP contribution is 2.26. The minimum absolute atomic E-state index is 0.105. The third-order valence-corrected chi connectivity index (χ3v) is 7.09. The molecule has 1 atom stereocenters. The first kappa shape index (κ1) is 23.3. The number of nitrogens with one attached hydrogen (secondary N) is 1. The van der Waals surface area contributed by atoms with Crippen LogP contribution in [0.3, 0.4) is 0 Å². The number of aryl methyl sites for hydroxylation is 2. The quantitative estimate of drug-likeness (QED) is 0.575. The maximum absolute atomic E-state index is 13.2. The van der Waals surface area contributed by atoms with Crippen LogP contribution in [-0.2, 0) is 16.1 Å². The zero-order valence-corrected chi connectivity index (χ0v) is 20.1. The van der Waals surface area contributed by atoms with Gasteiger partial charge in [-0.1, -0.05) is 59.1 Å². The Morgan fingerprint density at radius 3 is 2.35 bits per heavy atom. The van der Waals surface area contributed by atoms with Gasteiger partial charge >= 0.3 is 0 Å². The molecule has 5 nitrogen and oxygen atoms in total. The van der Waals surface area contributed by atoms with Crippen LogP contribution in [0.5, 0.6) is 5.75 Å². The summed E-state index contributed by atoms with van der Waals surface area (Å²) in [5.74, 6) is 0.330. The van der Waals surface area contributed by atoms with E-state index in [1.165, 1.54) is 0 Å². The van der Waals surface area contributed by atoms with E-state index in [0.29, 0.717) is 12.3 Å². The molecule has 1 aliphatic carbocycles. The molecule has 2 amide bonds. The normalized spacial score (nSPS) is 14.8. The number of halogens is 1. The van der Waals surface area contributed by atoms with Gasteiger partial charge in [-0.3, -0.25) is 9.59 Å². The summed E-state index contributed by atoms with van der Waals surface area (Å²) in [6, 6.07) is 13.2. The molecule has 2 aromatic carbocycles. The first-order valence-electron chi connectivity index (χ1n) is 10.9. The Morgan fingerprint density at radius 2 is 1.74 bits per heavy atom. The second kappa shape index (κ2) is 10.8. The average molecular weight is 487 g/mol. The standard InChI is InChI=1S/C25H31BrN2O3/c1-17-13-22(14-18(2)24(17)26)31-16-23(29)28(15-20-9-5-4-6-10-20)19(3)25(30)27-21-11-7-8-12-21/h4-6,9-10,13-14,19,21H,7-8,11-12,15-16H2,1-3H3,(H,27,30)/t19-/m0/s1. The molecule has 0 bridgehead atoms. The number of carbonyl (C=O) groups excluding carboxylic acids is 2. The van der Waals surface area contributed by atoms with Gasteiger partial charge in [-0.2, -0.15) is 0 Å². The lowest BCUT2D eigenvalue weighted by Gasteiger charge is -2.29. The van der Waals surface area contributed by atoms with Crippen LogP contribution in [0.4, 0.5) is 0 Å². The molecular formula is C25H31BrN2O3. The molecule has 31 heavy (non-hydrogen) atoms. The maximum Gasteiger partial charge on any atom is 0.261 e. The Hall–Kier alpha value is -2.34. The third-order valence-electron chi connectivity index (χ3n) is 5.84. The molecule has 1 aliphatic rings. The highest BCUT2D eigenvalue weighted by molar-refractivity contribution is 9.10. The van der Waals surface area contributed by atoms with Gasteiger partial charge < -0.3 is 15.0 Å². The Morgan fingerprint density at radius 1 is 1.13 bits per heavy atom. The smallest absolute Gasteiger partial charge is 0.261 e. The summed E-state index contributed by atoms with van der Waals surface area (Å²) < 4.78 is 6.86. The molecule has 0 aliphatic heterocycles. The first-order chi connectivity index (χ1) is 14.8. The van der Waals surface area contributed by atoms with Gasteiger partial charge in [0.1, 0.15) is 11.8 Å². The van der Waals surface area contributed by atoms with Crippen LogP contribution in [-0.4, -0.2) is 35.4 Å². The van der Waals surface area contributed by atoms with Gasteiger partial charge in [-0.05, 0) is 62.4 Å². The molecule has 166 valence electrons. The van der Waals surface area contributed by atoms with Gasteiger partial charge in [-0.25, -0.2) is 0 Å². The summed E-state index contributed by atoms with van der Waals surface area (Å²) in [5, 5.41) is 3.12. The monoisotopic (exact) mass is 486 g/mol. The van der Waals surface area contributed by atoms with Crippen molar-refractivity contribution in [2.75, 3.05) is 6.61 Å². The summed E-state index contributed by atoms with van der Waals surface area (Å²) in [4.78, 5) is 27.6. The Kier molecular flexibility index (Phi) is 8.13. The van der Waals surface area contributed by atoms with E-state index in [0.717, 1.165) is 46.8 Å². The van der Waals surface area contributed by atoms with Crippen molar-refractivity contribution in [2.45, 2.75) is 65.1 Å². The summed E-state index contributed by atoms with van der Waals surface area (Å²) in [5.41, 5.74) is 3.08.